The number of hydrogen-bond acceptors (Lipinski definition) is 6. The molecule has 1 heterocycles. The Kier molecular flexibility index (Phi) is 9.30. The van der Waals surface area contributed by atoms with Gasteiger partial charge < -0.3 is 13.7 Å². The Hall–Kier alpha value is -2.38. The van der Waals surface area contributed by atoms with Crippen molar-refractivity contribution >= 4 is 41.1 Å². The van der Waals surface area contributed by atoms with Gasteiger partial charge in [0.15, 0.2) is 8.24 Å². The maximum atomic E-state index is 13.1. The van der Waals surface area contributed by atoms with Gasteiger partial charge in [-0.05, 0) is 40.5 Å². The lowest BCUT2D eigenvalue weighted by molar-refractivity contribution is -0.142. The summed E-state index contributed by atoms with van der Waals surface area (Å²) in [6, 6.07) is 3.22. The lowest BCUT2D eigenvalue weighted by Gasteiger charge is -2.44. The molecule has 13 heteroatoms. The summed E-state index contributed by atoms with van der Waals surface area (Å²) < 4.78 is 76.8. The fourth-order valence-electron chi connectivity index (χ4n) is 5.67. The second-order valence-electron chi connectivity index (χ2n) is 9.97. The number of hydrogen-bond donors (Lipinski definition) is 1. The van der Waals surface area contributed by atoms with Crippen molar-refractivity contribution in [3.8, 4) is 5.75 Å². The van der Waals surface area contributed by atoms with E-state index in [4.69, 9.17) is 4.74 Å². The number of carbonyl (C=O) groups excluding carboxylic acids is 2. The summed E-state index contributed by atoms with van der Waals surface area (Å²) in [6.45, 7) is 14.0. The van der Waals surface area contributed by atoms with Crippen LogP contribution in [0, 0.1) is 0 Å². The van der Waals surface area contributed by atoms with Crippen LogP contribution in [0.15, 0.2) is 24.4 Å². The predicted octanol–water partition coefficient (Wildman–Crippen LogP) is 5.11. The van der Waals surface area contributed by atoms with Crippen molar-refractivity contribution in [1.29, 1.82) is 0 Å². The molecule has 0 unspecified atom stereocenters. The monoisotopic (exact) mass is 564 g/mol. The molecule has 2 aromatic rings. The lowest BCUT2D eigenvalue weighted by atomic mass is 10.0. The van der Waals surface area contributed by atoms with E-state index >= 15 is 0 Å². The van der Waals surface area contributed by atoms with Gasteiger partial charge in [0.25, 0.3) is 0 Å². The van der Waals surface area contributed by atoms with E-state index in [2.05, 4.69) is 50.5 Å². The average molecular weight is 565 g/mol. The van der Waals surface area contributed by atoms with Crippen LogP contribution in [0.5, 0.6) is 5.75 Å². The van der Waals surface area contributed by atoms with Crippen LogP contribution < -0.4 is 9.46 Å². The number of ether oxygens (including phenoxy) is 2. The number of esters is 2. The molecule has 0 amide bonds. The minimum atomic E-state index is -5.85. The third-order valence-electron chi connectivity index (χ3n) is 6.83. The highest BCUT2D eigenvalue weighted by molar-refractivity contribution is 7.90. The number of methoxy groups -OCH3 is 1. The Morgan fingerprint density at radius 2 is 1.59 bits per heavy atom. The quantitative estimate of drug-likeness (QED) is 0.244. The first-order valence-corrected chi connectivity index (χ1v) is 15.6. The van der Waals surface area contributed by atoms with E-state index in [0.29, 0.717) is 16.5 Å². The molecule has 1 atom stereocenters. The van der Waals surface area contributed by atoms with Gasteiger partial charge in [-0.1, -0.05) is 47.6 Å². The van der Waals surface area contributed by atoms with Crippen LogP contribution in [0.3, 0.4) is 0 Å². The summed E-state index contributed by atoms with van der Waals surface area (Å²) in [7, 11) is -7.33. The Balaban J connectivity index is 2.90. The number of nitrogens with zero attached hydrogens (tertiary/aromatic N) is 1. The van der Waals surface area contributed by atoms with Gasteiger partial charge in [0, 0.05) is 24.2 Å². The Bertz CT molecular complexity index is 1230. The molecule has 0 aliphatic carbocycles. The van der Waals surface area contributed by atoms with Gasteiger partial charge in [0.1, 0.15) is 11.8 Å². The Morgan fingerprint density at radius 1 is 1.05 bits per heavy atom. The van der Waals surface area contributed by atoms with Crippen LogP contribution >= 0.6 is 0 Å². The van der Waals surface area contributed by atoms with E-state index in [-0.39, 0.29) is 22.4 Å². The van der Waals surface area contributed by atoms with E-state index in [1.165, 1.54) is 11.6 Å². The van der Waals surface area contributed by atoms with Crippen molar-refractivity contribution in [1.82, 2.24) is 8.95 Å². The van der Waals surface area contributed by atoms with Crippen molar-refractivity contribution in [2.45, 2.75) is 83.1 Å². The molecule has 2 rings (SSSR count). The van der Waals surface area contributed by atoms with Crippen molar-refractivity contribution in [2.24, 2.45) is 0 Å². The van der Waals surface area contributed by atoms with E-state index in [9.17, 15) is 31.2 Å². The molecule has 0 aliphatic heterocycles. The first kappa shape index (κ1) is 30.8. The number of rotatable bonds is 10. The molecule has 208 valence electrons. The number of sulfonamides is 1. The summed E-state index contributed by atoms with van der Waals surface area (Å²) in [6.07, 6.45) is 1.31. The van der Waals surface area contributed by atoms with Crippen LogP contribution in [0.25, 0.3) is 10.9 Å². The van der Waals surface area contributed by atoms with Gasteiger partial charge in [-0.3, -0.25) is 9.59 Å². The summed E-state index contributed by atoms with van der Waals surface area (Å²) >= 11 is 0. The number of alkyl halides is 3. The molecular weight excluding hydrogens is 529 g/mol. The topological polar surface area (TPSA) is 104 Å². The van der Waals surface area contributed by atoms with Crippen LogP contribution in [-0.4, -0.2) is 51.5 Å². The molecule has 1 aromatic carbocycles. The zero-order chi connectivity index (χ0) is 28.5. The van der Waals surface area contributed by atoms with Crippen LogP contribution in [0.1, 0.15) is 54.0 Å². The van der Waals surface area contributed by atoms with Crippen LogP contribution in [-0.2, 0) is 30.8 Å². The zero-order valence-electron chi connectivity index (χ0n) is 22.3. The zero-order valence-corrected chi connectivity index (χ0v) is 24.1. The van der Waals surface area contributed by atoms with Crippen molar-refractivity contribution in [2.75, 3.05) is 7.11 Å². The van der Waals surface area contributed by atoms with Crippen molar-refractivity contribution < 1.29 is 40.7 Å². The smallest absolute Gasteiger partial charge is 0.468 e. The van der Waals surface area contributed by atoms with Gasteiger partial charge in [-0.25, -0.2) is 8.42 Å². The first-order valence-electron chi connectivity index (χ1n) is 11.9. The highest BCUT2D eigenvalue weighted by Crippen LogP contribution is 2.46. The maximum Gasteiger partial charge on any atom is 0.511 e. The minimum absolute atomic E-state index is 0.167. The number of benzene rings is 1. The van der Waals surface area contributed by atoms with Crippen LogP contribution in [0.2, 0.25) is 16.6 Å². The molecule has 1 N–H and O–H groups in total. The number of aromatic nitrogens is 1. The fourth-order valence-corrected chi connectivity index (χ4v) is 13.0. The molecule has 8 nitrogen and oxygen atoms in total. The summed E-state index contributed by atoms with van der Waals surface area (Å²) in [5.41, 5.74) is -3.88. The first-order chi connectivity index (χ1) is 16.9. The normalized spacial score (nSPS) is 14.0. The third kappa shape index (κ3) is 5.88. The SMILES string of the molecule is COC(=O)[C@H](Cc1cn([Si](C(C)C)(C(C)C)C(C)C)c2cccc(OC(C)=O)c12)NS(=O)(=O)C(F)(F)F. The van der Waals surface area contributed by atoms with Gasteiger partial charge in [-0.15, -0.1) is 0 Å². The molecule has 0 fully saturated rings. The molecule has 37 heavy (non-hydrogen) atoms. The minimum Gasteiger partial charge on any atom is -0.468 e. The van der Waals surface area contributed by atoms with Crippen molar-refractivity contribution in [3.05, 3.63) is 30.0 Å². The van der Waals surface area contributed by atoms with Gasteiger partial charge in [-0.2, -0.15) is 17.9 Å². The fraction of sp³-hybridized carbons (Fsp3) is 0.583. The van der Waals surface area contributed by atoms with E-state index in [1.807, 2.05) is 6.07 Å². The van der Waals surface area contributed by atoms with Crippen molar-refractivity contribution in [3.63, 3.8) is 0 Å². The molecule has 0 saturated carbocycles. The molecule has 0 aliphatic rings. The van der Waals surface area contributed by atoms with Gasteiger partial charge in [0.05, 0.1) is 7.11 Å². The van der Waals surface area contributed by atoms with Crippen LogP contribution in [0.4, 0.5) is 13.2 Å². The Morgan fingerprint density at radius 3 is 2.03 bits per heavy atom. The third-order valence-corrected chi connectivity index (χ3v) is 14.8. The molecule has 0 spiro atoms. The highest BCUT2D eigenvalue weighted by Gasteiger charge is 2.49. The van der Waals surface area contributed by atoms with E-state index in [0.717, 1.165) is 7.11 Å². The number of nitrogens with one attached hydrogen (secondary N) is 1. The van der Waals surface area contributed by atoms with Gasteiger partial charge >= 0.3 is 27.5 Å². The molecule has 1 aromatic heterocycles. The molecule has 0 radical (unpaired) electrons. The molecule has 0 saturated heterocycles. The number of carbonyl (C=O) groups is 2. The summed E-state index contributed by atoms with van der Waals surface area (Å²) in [5.74, 6) is -1.62. The van der Waals surface area contributed by atoms with E-state index in [1.54, 1.807) is 18.3 Å². The summed E-state index contributed by atoms with van der Waals surface area (Å²) in [5, 5.41) is 0.427. The molecular formula is C24H35F3N2O6SSi. The number of halogens is 3. The predicted molar refractivity (Wildman–Crippen MR) is 137 cm³/mol. The number of fused-ring (bicyclic) bond motifs is 1. The maximum absolute atomic E-state index is 13.1. The van der Waals surface area contributed by atoms with Gasteiger partial charge in [0.2, 0.25) is 0 Å². The second kappa shape index (κ2) is 11.2. The average Bonchev–Trinajstić information content (AvgIpc) is 3.10. The second-order valence-corrected chi connectivity index (χ2v) is 17.4. The molecule has 0 bridgehead atoms. The largest absolute Gasteiger partial charge is 0.511 e. The summed E-state index contributed by atoms with van der Waals surface area (Å²) in [4.78, 5) is 24.3. The Labute approximate surface area is 216 Å². The lowest BCUT2D eigenvalue weighted by Crippen LogP contribution is -2.51. The highest BCUT2D eigenvalue weighted by atomic mass is 32.2. The standard InChI is InChI=1S/C24H35F3N2O6SSi/c1-14(2)37(15(3)4,16(5)6)29-13-18(22-20(29)10-9-11-21(22)35-17(7)30)12-19(23(31)34-8)28-36(32,33)24(25,26)27/h9-11,13-16,19,28H,12H2,1-8H3/t19-/m0/s1. The van der Waals surface area contributed by atoms with E-state index < -0.39 is 48.2 Å².